The van der Waals surface area contributed by atoms with Gasteiger partial charge in [-0.2, -0.15) is 0 Å². The van der Waals surface area contributed by atoms with Gasteiger partial charge in [-0.25, -0.2) is 4.79 Å². The summed E-state index contributed by atoms with van der Waals surface area (Å²) in [5, 5.41) is 7.98. The first kappa shape index (κ1) is 23.2. The molecule has 0 aromatic heterocycles. The Morgan fingerprint density at radius 3 is 2.13 bits per heavy atom. The molecular weight excluding hydrogens is 437 g/mol. The van der Waals surface area contributed by atoms with Crippen LogP contribution in [0.5, 0.6) is 0 Å². The van der Waals surface area contributed by atoms with Crippen molar-refractivity contribution >= 4 is 52.0 Å². The van der Waals surface area contributed by atoms with E-state index in [-0.39, 0.29) is 18.3 Å². The Balaban J connectivity index is 1.82. The van der Waals surface area contributed by atoms with Gasteiger partial charge in [-0.15, -0.1) is 0 Å². The van der Waals surface area contributed by atoms with Crippen LogP contribution in [0, 0.1) is 0 Å². The molecule has 1 heterocycles. The van der Waals surface area contributed by atoms with Crippen molar-refractivity contribution in [2.24, 2.45) is 0 Å². The molecule has 3 rings (SSSR count). The Morgan fingerprint density at radius 1 is 1.03 bits per heavy atom. The van der Waals surface area contributed by atoms with Crippen LogP contribution in [-0.4, -0.2) is 35.3 Å². The third-order valence-electron chi connectivity index (χ3n) is 4.94. The Kier molecular flexibility index (Phi) is 6.96. The van der Waals surface area contributed by atoms with Gasteiger partial charge in [0, 0.05) is 29.1 Å². The second-order valence-corrected chi connectivity index (χ2v) is 9.54. The van der Waals surface area contributed by atoms with Crippen LogP contribution in [0.1, 0.15) is 33.6 Å². The highest BCUT2D eigenvalue weighted by atomic mass is 35.5. The summed E-state index contributed by atoms with van der Waals surface area (Å²) in [7, 11) is 0. The third kappa shape index (κ3) is 6.24. The molecule has 6 N–H and O–H groups in total. The van der Waals surface area contributed by atoms with Crippen LogP contribution < -0.4 is 22.1 Å². The molecule has 2 aromatic rings. The van der Waals surface area contributed by atoms with Gasteiger partial charge in [-0.3, -0.25) is 4.90 Å². The number of piperidine rings is 1. The Bertz CT molecular complexity index is 948. The number of carbonyl (C=O) groups excluding carboxylic acids is 1. The highest BCUT2D eigenvalue weighted by Gasteiger charge is 2.34. The predicted octanol–water partition coefficient (Wildman–Crippen LogP) is 5.41. The number of halogens is 2. The normalized spacial score (nSPS) is 19.1. The van der Waals surface area contributed by atoms with E-state index < -0.39 is 5.60 Å². The number of anilines is 4. The first-order chi connectivity index (χ1) is 14.5. The lowest BCUT2D eigenvalue weighted by Gasteiger charge is -2.41. The van der Waals surface area contributed by atoms with E-state index >= 15 is 0 Å². The average Bonchev–Trinajstić information content (AvgIpc) is 2.66. The zero-order valence-corrected chi connectivity index (χ0v) is 19.4. The second-order valence-electron chi connectivity index (χ2n) is 8.66. The van der Waals surface area contributed by atoms with Gasteiger partial charge >= 0.3 is 6.09 Å². The molecule has 1 fully saturated rings. The molecular formula is C22H29Cl2N5O2. The molecule has 2 unspecified atom stereocenters. The Morgan fingerprint density at radius 2 is 1.58 bits per heavy atom. The maximum absolute atomic E-state index is 12.9. The van der Waals surface area contributed by atoms with Crippen molar-refractivity contribution in [3.05, 3.63) is 46.4 Å². The van der Waals surface area contributed by atoms with Gasteiger partial charge < -0.3 is 26.8 Å². The molecule has 2 aromatic carbocycles. The van der Waals surface area contributed by atoms with Gasteiger partial charge in [0.1, 0.15) is 11.8 Å². The van der Waals surface area contributed by atoms with Crippen LogP contribution in [0.4, 0.5) is 27.5 Å². The Labute approximate surface area is 193 Å². The zero-order valence-electron chi connectivity index (χ0n) is 17.9. The number of nitrogens with two attached hydrogens (primary N) is 2. The summed E-state index contributed by atoms with van der Waals surface area (Å²) >= 11 is 12.3. The van der Waals surface area contributed by atoms with Crippen molar-refractivity contribution < 1.29 is 9.53 Å². The summed E-state index contributed by atoms with van der Waals surface area (Å²) in [4.78, 5) is 14.6. The van der Waals surface area contributed by atoms with E-state index in [1.54, 1.807) is 41.3 Å². The topological polar surface area (TPSA) is 106 Å². The number of nitrogens with one attached hydrogen (secondary N) is 2. The van der Waals surface area contributed by atoms with Gasteiger partial charge in [0.2, 0.25) is 0 Å². The average molecular weight is 466 g/mol. The maximum Gasteiger partial charge on any atom is 0.411 e. The van der Waals surface area contributed by atoms with E-state index in [2.05, 4.69) is 10.6 Å². The highest BCUT2D eigenvalue weighted by molar-refractivity contribution is 6.31. The number of likely N-dealkylation sites (tertiary alicyclic amines) is 1. The molecule has 0 saturated carbocycles. The molecule has 0 bridgehead atoms. The lowest BCUT2D eigenvalue weighted by atomic mass is 10.0. The molecule has 1 aliphatic heterocycles. The summed E-state index contributed by atoms with van der Waals surface area (Å²) in [6, 6.07) is 10.6. The molecule has 2 atom stereocenters. The van der Waals surface area contributed by atoms with Crippen molar-refractivity contribution in [3.63, 3.8) is 0 Å². The molecule has 31 heavy (non-hydrogen) atoms. The molecule has 9 heteroatoms. The number of rotatable bonds is 4. The number of carbonyl (C=O) groups is 1. The molecule has 1 aliphatic rings. The summed E-state index contributed by atoms with van der Waals surface area (Å²) in [6.45, 7) is 6.03. The quantitative estimate of drug-likeness (QED) is 0.449. The fraction of sp³-hybridized carbons (Fsp3) is 0.409. The molecule has 168 valence electrons. The maximum atomic E-state index is 12.9. The number of hydrogen-bond donors (Lipinski definition) is 4. The van der Waals surface area contributed by atoms with Crippen LogP contribution in [0.15, 0.2) is 36.4 Å². The molecule has 1 amide bonds. The number of hydrogen-bond acceptors (Lipinski definition) is 6. The van der Waals surface area contributed by atoms with E-state index in [1.807, 2.05) is 20.8 Å². The Hall–Kier alpha value is -2.51. The number of amides is 1. The number of nitrogen functional groups attached to an aromatic ring is 2. The lowest BCUT2D eigenvalue weighted by molar-refractivity contribution is 0.0122. The summed E-state index contributed by atoms with van der Waals surface area (Å²) in [5.41, 5.74) is 14.2. The van der Waals surface area contributed by atoms with Crippen molar-refractivity contribution in [1.29, 1.82) is 0 Å². The van der Waals surface area contributed by atoms with E-state index in [1.165, 1.54) is 0 Å². The standard InChI is InChI=1S/C22H29Cl2N5O2/c1-22(2,3)31-21(30)29-9-8-15(27-18-10-13(23)4-6-16(18)25)12-20(29)28-19-11-14(24)5-7-17(19)26/h4-7,10-11,15,20,27-28H,8-9,12,25-26H2,1-3H3. The fourth-order valence-corrected chi connectivity index (χ4v) is 3.82. The first-order valence-electron chi connectivity index (χ1n) is 10.1. The molecule has 0 spiro atoms. The minimum atomic E-state index is -0.596. The number of benzene rings is 2. The van der Waals surface area contributed by atoms with Crippen LogP contribution in [-0.2, 0) is 4.74 Å². The largest absolute Gasteiger partial charge is 0.444 e. The third-order valence-corrected chi connectivity index (χ3v) is 5.41. The van der Waals surface area contributed by atoms with Crippen LogP contribution in [0.3, 0.4) is 0 Å². The summed E-state index contributed by atoms with van der Waals surface area (Å²) in [5.74, 6) is 0. The predicted molar refractivity (Wildman–Crippen MR) is 129 cm³/mol. The summed E-state index contributed by atoms with van der Waals surface area (Å²) < 4.78 is 5.62. The van der Waals surface area contributed by atoms with Crippen molar-refractivity contribution in [1.82, 2.24) is 4.90 Å². The SMILES string of the molecule is CC(C)(C)OC(=O)N1CCC(Nc2cc(Cl)ccc2N)CC1Nc1cc(Cl)ccc1N. The minimum absolute atomic E-state index is 0.0531. The molecule has 1 saturated heterocycles. The minimum Gasteiger partial charge on any atom is -0.444 e. The van der Waals surface area contributed by atoms with Gasteiger partial charge in [0.25, 0.3) is 0 Å². The van der Waals surface area contributed by atoms with E-state index in [9.17, 15) is 4.79 Å². The zero-order chi connectivity index (χ0) is 22.8. The van der Waals surface area contributed by atoms with Gasteiger partial charge in [-0.1, -0.05) is 23.2 Å². The number of nitrogens with zero attached hydrogens (tertiary/aromatic N) is 1. The smallest absolute Gasteiger partial charge is 0.411 e. The van der Waals surface area contributed by atoms with Gasteiger partial charge in [0.05, 0.1) is 22.7 Å². The lowest BCUT2D eigenvalue weighted by Crippen LogP contribution is -2.53. The van der Waals surface area contributed by atoms with Crippen LogP contribution >= 0.6 is 23.2 Å². The molecule has 0 aliphatic carbocycles. The molecule has 0 radical (unpaired) electrons. The van der Waals surface area contributed by atoms with Crippen molar-refractivity contribution in [2.75, 3.05) is 28.6 Å². The first-order valence-corrected chi connectivity index (χ1v) is 10.9. The number of ether oxygens (including phenoxy) is 1. The summed E-state index contributed by atoms with van der Waals surface area (Å²) in [6.07, 6.45) is 0.569. The van der Waals surface area contributed by atoms with Gasteiger partial charge in [0.15, 0.2) is 0 Å². The van der Waals surface area contributed by atoms with Crippen molar-refractivity contribution in [2.45, 2.75) is 51.4 Å². The van der Waals surface area contributed by atoms with Gasteiger partial charge in [-0.05, 0) is 63.6 Å². The molecule has 7 nitrogen and oxygen atoms in total. The fourth-order valence-electron chi connectivity index (χ4n) is 3.48. The van der Waals surface area contributed by atoms with Crippen LogP contribution in [0.2, 0.25) is 10.0 Å². The van der Waals surface area contributed by atoms with Crippen molar-refractivity contribution in [3.8, 4) is 0 Å². The van der Waals surface area contributed by atoms with Crippen LogP contribution in [0.25, 0.3) is 0 Å². The van der Waals surface area contributed by atoms with E-state index in [4.69, 9.17) is 39.4 Å². The second kappa shape index (κ2) is 9.32. The highest BCUT2D eigenvalue weighted by Crippen LogP contribution is 2.30. The van der Waals surface area contributed by atoms with E-state index in [0.717, 1.165) is 5.69 Å². The van der Waals surface area contributed by atoms with E-state index in [0.29, 0.717) is 46.5 Å². The monoisotopic (exact) mass is 465 g/mol.